The van der Waals surface area contributed by atoms with Crippen molar-refractivity contribution < 1.29 is 14.3 Å². The molecule has 1 aliphatic heterocycles. The lowest BCUT2D eigenvalue weighted by Crippen LogP contribution is -2.31. The largest absolute Gasteiger partial charge is 0.493 e. The molecule has 0 unspecified atom stereocenters. The van der Waals surface area contributed by atoms with Gasteiger partial charge in [0.2, 0.25) is 0 Å². The number of aromatic amines is 2. The quantitative estimate of drug-likeness (QED) is 0.414. The maximum Gasteiger partial charge on any atom is 0.270 e. The summed E-state index contributed by atoms with van der Waals surface area (Å²) >= 11 is 0. The van der Waals surface area contributed by atoms with Crippen molar-refractivity contribution >= 4 is 22.5 Å². The molecule has 3 N–H and O–H groups in total. The molecule has 2 aromatic heterocycles. The number of methoxy groups -OCH3 is 2. The van der Waals surface area contributed by atoms with Crippen LogP contribution in [-0.2, 0) is 4.79 Å². The number of pyridine rings is 1. The molecule has 1 aliphatic carbocycles. The van der Waals surface area contributed by atoms with Gasteiger partial charge in [-0.2, -0.15) is 0 Å². The number of nitrogens with one attached hydrogen (secondary N) is 3. The van der Waals surface area contributed by atoms with Gasteiger partial charge < -0.3 is 14.8 Å². The molecule has 0 bridgehead atoms. The van der Waals surface area contributed by atoms with E-state index in [1.165, 1.54) is 0 Å². The van der Waals surface area contributed by atoms with Crippen LogP contribution >= 0.6 is 0 Å². The van der Waals surface area contributed by atoms with Crippen molar-refractivity contribution in [3.05, 3.63) is 93.0 Å². The van der Waals surface area contributed by atoms with Crippen LogP contribution in [-0.4, -0.2) is 35.2 Å². The Morgan fingerprint density at radius 2 is 1.77 bits per heavy atom. The zero-order valence-electron chi connectivity index (χ0n) is 19.3. The van der Waals surface area contributed by atoms with Gasteiger partial charge in [0, 0.05) is 35.2 Å². The first-order valence-electron chi connectivity index (χ1n) is 11.5. The number of H-pyrrole nitrogens is 2. The number of benzene rings is 2. The summed E-state index contributed by atoms with van der Waals surface area (Å²) in [5, 5.41) is 9.93. The van der Waals surface area contributed by atoms with Crippen molar-refractivity contribution in [2.24, 2.45) is 0 Å². The van der Waals surface area contributed by atoms with Gasteiger partial charge in [0.05, 0.1) is 25.3 Å². The Morgan fingerprint density at radius 1 is 0.943 bits per heavy atom. The van der Waals surface area contributed by atoms with E-state index in [-0.39, 0.29) is 17.3 Å². The Hall–Kier alpha value is -4.33. The van der Waals surface area contributed by atoms with Crippen molar-refractivity contribution in [3.63, 3.8) is 0 Å². The highest BCUT2D eigenvalue weighted by Crippen LogP contribution is 2.48. The summed E-state index contributed by atoms with van der Waals surface area (Å²) < 4.78 is 10.8. The molecule has 4 aromatic rings. The number of para-hydroxylation sites is 1. The molecule has 0 saturated heterocycles. The Morgan fingerprint density at radius 3 is 2.60 bits per heavy atom. The minimum atomic E-state index is -0.483. The zero-order chi connectivity index (χ0) is 24.1. The van der Waals surface area contributed by atoms with Crippen LogP contribution in [0.1, 0.15) is 41.4 Å². The lowest BCUT2D eigenvalue weighted by Gasteiger charge is -2.35. The second-order valence-corrected chi connectivity index (χ2v) is 8.88. The summed E-state index contributed by atoms with van der Waals surface area (Å²) in [7, 11) is 3.20. The average Bonchev–Trinajstić information content (AvgIpc) is 3.26. The van der Waals surface area contributed by atoms with Crippen molar-refractivity contribution in [2.45, 2.75) is 24.7 Å². The number of ketones is 1. The second kappa shape index (κ2) is 8.16. The minimum absolute atomic E-state index is 0.0238. The molecule has 2 aliphatic rings. The van der Waals surface area contributed by atoms with Gasteiger partial charge in [-0.3, -0.25) is 24.8 Å². The van der Waals surface area contributed by atoms with E-state index in [1.54, 1.807) is 20.4 Å². The lowest BCUT2D eigenvalue weighted by atomic mass is 9.72. The number of hydrogen-bond acceptors (Lipinski definition) is 6. The number of anilines is 1. The minimum Gasteiger partial charge on any atom is -0.493 e. The molecule has 2 atom stereocenters. The highest BCUT2D eigenvalue weighted by molar-refractivity contribution is 6.02. The first-order valence-corrected chi connectivity index (χ1v) is 11.5. The van der Waals surface area contributed by atoms with Crippen molar-refractivity contribution in [1.82, 2.24) is 15.2 Å². The van der Waals surface area contributed by atoms with Gasteiger partial charge in [-0.15, -0.1) is 0 Å². The zero-order valence-corrected chi connectivity index (χ0v) is 19.3. The first kappa shape index (κ1) is 21.2. The predicted octanol–water partition coefficient (Wildman–Crippen LogP) is 4.23. The molecular formula is C27H24N4O4. The van der Waals surface area contributed by atoms with E-state index in [0.717, 1.165) is 27.7 Å². The van der Waals surface area contributed by atoms with Gasteiger partial charge >= 0.3 is 0 Å². The van der Waals surface area contributed by atoms with E-state index >= 15 is 0 Å². The fourth-order valence-electron chi connectivity index (χ4n) is 5.44. The SMILES string of the molecule is COc1ccc([C@@H]2CC(=O)C3=C(C2)Nc2[nH][nH]c(=O)c2[C@H]3c2ccnc3ccccc23)cc1OC. The number of ether oxygens (including phenoxy) is 2. The molecule has 0 radical (unpaired) electrons. The number of Topliss-reactive ketones (excluding diaryl/α,β-unsaturated/α-hetero) is 1. The molecule has 8 nitrogen and oxygen atoms in total. The normalized spacial score (nSPS) is 19.2. The van der Waals surface area contributed by atoms with E-state index in [9.17, 15) is 9.59 Å². The smallest absolute Gasteiger partial charge is 0.270 e. The van der Waals surface area contributed by atoms with Crippen LogP contribution in [0.2, 0.25) is 0 Å². The van der Waals surface area contributed by atoms with Crippen LogP contribution in [0.4, 0.5) is 5.82 Å². The van der Waals surface area contributed by atoms with Crippen LogP contribution < -0.4 is 20.3 Å². The van der Waals surface area contributed by atoms with Gasteiger partial charge in [0.15, 0.2) is 17.3 Å². The van der Waals surface area contributed by atoms with E-state index in [0.29, 0.717) is 41.3 Å². The molecule has 0 spiro atoms. The van der Waals surface area contributed by atoms with Crippen molar-refractivity contribution in [2.75, 3.05) is 19.5 Å². The molecule has 176 valence electrons. The monoisotopic (exact) mass is 468 g/mol. The molecule has 2 aromatic carbocycles. The average molecular weight is 469 g/mol. The number of hydrogen-bond donors (Lipinski definition) is 3. The van der Waals surface area contributed by atoms with Crippen molar-refractivity contribution in [3.8, 4) is 11.5 Å². The van der Waals surface area contributed by atoms with E-state index in [2.05, 4.69) is 20.5 Å². The van der Waals surface area contributed by atoms with E-state index < -0.39 is 5.92 Å². The van der Waals surface area contributed by atoms with Crippen molar-refractivity contribution in [1.29, 1.82) is 0 Å². The Kier molecular flexibility index (Phi) is 4.95. The first-order chi connectivity index (χ1) is 17.1. The third kappa shape index (κ3) is 3.32. The maximum atomic E-state index is 13.8. The second-order valence-electron chi connectivity index (χ2n) is 8.88. The number of rotatable bonds is 4. The number of carbonyl (C=O) groups excluding carboxylic acids is 1. The Balaban J connectivity index is 1.49. The highest BCUT2D eigenvalue weighted by Gasteiger charge is 2.41. The molecule has 0 fully saturated rings. The van der Waals surface area contributed by atoms with Crippen LogP contribution in [0.5, 0.6) is 11.5 Å². The fourth-order valence-corrected chi connectivity index (χ4v) is 5.44. The summed E-state index contributed by atoms with van der Waals surface area (Å²) in [6.07, 6.45) is 2.70. The summed E-state index contributed by atoms with van der Waals surface area (Å²) in [6.45, 7) is 0. The van der Waals surface area contributed by atoms with Crippen LogP contribution in [0.3, 0.4) is 0 Å². The number of nitrogens with zero attached hydrogens (tertiary/aromatic N) is 1. The fraction of sp³-hybridized carbons (Fsp3) is 0.222. The third-order valence-corrected chi connectivity index (χ3v) is 7.05. The summed E-state index contributed by atoms with van der Waals surface area (Å²) in [6, 6.07) is 15.5. The standard InChI is InChI=1S/C27H24N4O4/c1-34-21-8-7-14(13-22(21)35-2)15-11-19-24(20(32)12-15)23(25-26(29-19)30-31-27(25)33)17-9-10-28-18-6-4-3-5-16(17)18/h3-10,13,15,23H,11-12H2,1-2H3,(H3,29,30,31,33)/t15-,23-/m0/s1. The number of aromatic nitrogens is 3. The third-order valence-electron chi connectivity index (χ3n) is 7.05. The van der Waals surface area contributed by atoms with E-state index in [1.807, 2.05) is 48.5 Å². The molecule has 3 heterocycles. The number of fused-ring (bicyclic) bond motifs is 2. The maximum absolute atomic E-state index is 13.8. The molecular weight excluding hydrogens is 444 g/mol. The van der Waals surface area contributed by atoms with Gasteiger partial charge in [-0.1, -0.05) is 24.3 Å². The molecule has 6 rings (SSSR count). The topological polar surface area (TPSA) is 109 Å². The molecule has 8 heteroatoms. The Labute approximate surface area is 201 Å². The number of allylic oxidation sites excluding steroid dienone is 2. The van der Waals surface area contributed by atoms with E-state index in [4.69, 9.17) is 9.47 Å². The lowest BCUT2D eigenvalue weighted by molar-refractivity contribution is -0.116. The predicted molar refractivity (Wildman–Crippen MR) is 132 cm³/mol. The van der Waals surface area contributed by atoms with Crippen LogP contribution in [0.15, 0.2) is 70.8 Å². The van der Waals surface area contributed by atoms with Gasteiger partial charge in [-0.05, 0) is 47.7 Å². The summed E-state index contributed by atoms with van der Waals surface area (Å²) in [5.74, 6) is 1.38. The van der Waals surface area contributed by atoms with Crippen LogP contribution in [0, 0.1) is 0 Å². The van der Waals surface area contributed by atoms with Gasteiger partial charge in [-0.25, -0.2) is 0 Å². The Bertz CT molecular complexity index is 1560. The van der Waals surface area contributed by atoms with Gasteiger partial charge in [0.25, 0.3) is 5.56 Å². The van der Waals surface area contributed by atoms with Crippen LogP contribution in [0.25, 0.3) is 10.9 Å². The summed E-state index contributed by atoms with van der Waals surface area (Å²) in [4.78, 5) is 31.1. The molecule has 0 amide bonds. The molecule has 35 heavy (non-hydrogen) atoms. The van der Waals surface area contributed by atoms with Gasteiger partial charge in [0.1, 0.15) is 5.82 Å². The number of carbonyl (C=O) groups is 1. The molecule has 0 saturated carbocycles. The highest BCUT2D eigenvalue weighted by atomic mass is 16.5. The summed E-state index contributed by atoms with van der Waals surface area (Å²) in [5.41, 5.74) is 4.49.